The Kier molecular flexibility index (Phi) is 2.64. The Morgan fingerprint density at radius 3 is 2.64 bits per heavy atom. The Hall–Kier alpha value is -1.32. The number of nitrogens with zero attached hydrogens (tertiary/aromatic N) is 2. The Labute approximate surface area is 84.5 Å². The van der Waals surface area contributed by atoms with Gasteiger partial charge in [-0.25, -0.2) is 4.79 Å². The van der Waals surface area contributed by atoms with Crippen molar-refractivity contribution in [2.24, 2.45) is 16.1 Å². The maximum atomic E-state index is 11.4. The number of rotatable bonds is 2. The van der Waals surface area contributed by atoms with Gasteiger partial charge in [-0.3, -0.25) is 0 Å². The molecule has 0 bridgehead atoms. The van der Waals surface area contributed by atoms with Crippen LogP contribution in [0.2, 0.25) is 0 Å². The first-order chi connectivity index (χ1) is 6.38. The molecule has 0 aromatic heterocycles. The molecule has 0 aromatic carbocycles. The molecule has 1 heterocycles. The Morgan fingerprint density at radius 2 is 2.21 bits per heavy atom. The minimum atomic E-state index is -0.262. The fourth-order valence-corrected chi connectivity index (χ4v) is 1.74. The number of amides is 2. The summed E-state index contributed by atoms with van der Waals surface area (Å²) in [5.41, 5.74) is 5.63. The van der Waals surface area contributed by atoms with Gasteiger partial charge in [-0.2, -0.15) is 4.99 Å². The van der Waals surface area contributed by atoms with E-state index in [1.165, 1.54) is 0 Å². The van der Waals surface area contributed by atoms with Crippen molar-refractivity contribution in [1.82, 2.24) is 4.90 Å². The number of carbonyl (C=O) groups excluding carboxylic acids is 1. The fourth-order valence-electron chi connectivity index (χ4n) is 1.74. The lowest BCUT2D eigenvalue weighted by molar-refractivity contribution is 0.177. The lowest BCUT2D eigenvalue weighted by Crippen LogP contribution is -2.48. The molecule has 4 heteroatoms. The summed E-state index contributed by atoms with van der Waals surface area (Å²) in [5, 5.41) is 0. The molecule has 2 N–H and O–H groups in total. The first-order valence-corrected chi connectivity index (χ1v) is 4.63. The molecule has 0 aromatic rings. The minimum absolute atomic E-state index is 0.0945. The molecule has 1 unspecified atom stereocenters. The molecule has 2 amide bonds. The number of amidine groups is 1. The van der Waals surface area contributed by atoms with Crippen LogP contribution in [0.3, 0.4) is 0 Å². The number of aliphatic imine (C=N–C) groups is 1. The predicted octanol–water partition coefficient (Wildman–Crippen LogP) is 1.38. The maximum Gasteiger partial charge on any atom is 0.346 e. The smallest absolute Gasteiger partial charge is 0.346 e. The summed E-state index contributed by atoms with van der Waals surface area (Å²) < 4.78 is 0. The van der Waals surface area contributed by atoms with E-state index in [0.717, 1.165) is 0 Å². The zero-order valence-electron chi connectivity index (χ0n) is 8.95. The van der Waals surface area contributed by atoms with Gasteiger partial charge in [-0.05, 0) is 5.41 Å². The normalized spacial score (nSPS) is 22.5. The van der Waals surface area contributed by atoms with Crippen molar-refractivity contribution in [3.05, 3.63) is 12.7 Å². The van der Waals surface area contributed by atoms with E-state index in [0.29, 0.717) is 12.4 Å². The molecule has 78 valence electrons. The Morgan fingerprint density at radius 1 is 1.64 bits per heavy atom. The molecular weight excluding hydrogens is 178 g/mol. The van der Waals surface area contributed by atoms with Crippen LogP contribution in [0.4, 0.5) is 4.79 Å². The van der Waals surface area contributed by atoms with Crippen molar-refractivity contribution in [2.75, 3.05) is 6.54 Å². The average molecular weight is 195 g/mol. The Balaban J connectivity index is 2.95. The van der Waals surface area contributed by atoms with Crippen molar-refractivity contribution >= 4 is 11.9 Å². The second kappa shape index (κ2) is 3.44. The first kappa shape index (κ1) is 10.8. The molecule has 0 aliphatic carbocycles. The van der Waals surface area contributed by atoms with Gasteiger partial charge >= 0.3 is 6.03 Å². The topological polar surface area (TPSA) is 58.7 Å². The van der Waals surface area contributed by atoms with E-state index >= 15 is 0 Å². The number of nitrogens with two attached hydrogens (primary N) is 1. The van der Waals surface area contributed by atoms with Gasteiger partial charge in [0.15, 0.2) is 0 Å². The number of urea groups is 1. The van der Waals surface area contributed by atoms with Gasteiger partial charge in [0.05, 0.1) is 6.04 Å². The van der Waals surface area contributed by atoms with Crippen LogP contribution in [-0.4, -0.2) is 29.4 Å². The minimum Gasteiger partial charge on any atom is -0.385 e. The first-order valence-electron chi connectivity index (χ1n) is 4.63. The molecule has 0 saturated heterocycles. The summed E-state index contributed by atoms with van der Waals surface area (Å²) in [4.78, 5) is 16.9. The highest BCUT2D eigenvalue weighted by molar-refractivity contribution is 6.03. The Bertz CT molecular complexity index is 288. The summed E-state index contributed by atoms with van der Waals surface area (Å²) in [6, 6.07) is -0.379. The number of hydrogen-bond donors (Lipinski definition) is 1. The van der Waals surface area contributed by atoms with Gasteiger partial charge in [0.2, 0.25) is 0 Å². The van der Waals surface area contributed by atoms with E-state index in [1.807, 2.05) is 20.8 Å². The van der Waals surface area contributed by atoms with E-state index in [2.05, 4.69) is 11.6 Å². The second-order valence-electron chi connectivity index (χ2n) is 4.53. The predicted molar refractivity (Wildman–Crippen MR) is 57.2 cm³/mol. The van der Waals surface area contributed by atoms with Gasteiger partial charge in [-0.1, -0.05) is 26.8 Å². The lowest BCUT2D eigenvalue weighted by atomic mass is 9.85. The standard InChI is InChI=1S/C10H17N3O/c1-5-6-13-7(10(2,3)4)8(11)12-9(13)14/h5,7H,1,6H2,2-4H3,(H2,11,12,14). The third-order valence-electron chi connectivity index (χ3n) is 2.21. The van der Waals surface area contributed by atoms with Crippen LogP contribution in [0.25, 0.3) is 0 Å². The van der Waals surface area contributed by atoms with Crippen molar-refractivity contribution in [3.63, 3.8) is 0 Å². The monoisotopic (exact) mass is 195 g/mol. The number of hydrogen-bond acceptors (Lipinski definition) is 2. The molecule has 1 aliphatic heterocycles. The van der Waals surface area contributed by atoms with E-state index in [4.69, 9.17) is 5.73 Å². The zero-order valence-corrected chi connectivity index (χ0v) is 8.95. The largest absolute Gasteiger partial charge is 0.385 e. The molecule has 0 fully saturated rings. The van der Waals surface area contributed by atoms with Crippen LogP contribution in [0, 0.1) is 5.41 Å². The quantitative estimate of drug-likeness (QED) is 0.677. The summed E-state index contributed by atoms with van der Waals surface area (Å²) in [6.07, 6.45) is 1.69. The van der Waals surface area contributed by atoms with Gasteiger partial charge in [-0.15, -0.1) is 6.58 Å². The van der Waals surface area contributed by atoms with Crippen molar-refractivity contribution < 1.29 is 4.79 Å². The van der Waals surface area contributed by atoms with Gasteiger partial charge in [0, 0.05) is 6.54 Å². The highest BCUT2D eigenvalue weighted by atomic mass is 16.2. The van der Waals surface area contributed by atoms with Crippen molar-refractivity contribution in [3.8, 4) is 0 Å². The molecule has 1 rings (SSSR count). The highest BCUT2D eigenvalue weighted by Crippen LogP contribution is 2.28. The van der Waals surface area contributed by atoms with Crippen molar-refractivity contribution in [1.29, 1.82) is 0 Å². The average Bonchev–Trinajstić information content (AvgIpc) is 2.26. The molecule has 14 heavy (non-hydrogen) atoms. The SMILES string of the molecule is C=CCN1C(=O)N=C(N)C1C(C)(C)C. The third kappa shape index (κ3) is 1.78. The molecule has 0 saturated carbocycles. The molecule has 1 aliphatic rings. The maximum absolute atomic E-state index is 11.4. The highest BCUT2D eigenvalue weighted by Gasteiger charge is 2.40. The van der Waals surface area contributed by atoms with E-state index < -0.39 is 0 Å². The molecular formula is C10H17N3O. The van der Waals surface area contributed by atoms with Crippen LogP contribution >= 0.6 is 0 Å². The summed E-state index contributed by atoms with van der Waals surface area (Å²) in [7, 11) is 0. The summed E-state index contributed by atoms with van der Waals surface area (Å²) >= 11 is 0. The van der Waals surface area contributed by atoms with Crippen LogP contribution < -0.4 is 5.73 Å². The second-order valence-corrected chi connectivity index (χ2v) is 4.53. The van der Waals surface area contributed by atoms with Crippen LogP contribution in [-0.2, 0) is 0 Å². The van der Waals surface area contributed by atoms with E-state index in [9.17, 15) is 4.79 Å². The van der Waals surface area contributed by atoms with Gasteiger partial charge in [0.25, 0.3) is 0 Å². The zero-order chi connectivity index (χ0) is 10.9. The molecule has 0 spiro atoms. The molecule has 1 atom stereocenters. The summed E-state index contributed by atoms with van der Waals surface area (Å²) in [5.74, 6) is 0.407. The molecule has 4 nitrogen and oxygen atoms in total. The van der Waals surface area contributed by atoms with Crippen molar-refractivity contribution in [2.45, 2.75) is 26.8 Å². The fraction of sp³-hybridized carbons (Fsp3) is 0.600. The van der Waals surface area contributed by atoms with Crippen LogP contribution in [0.1, 0.15) is 20.8 Å². The van der Waals surface area contributed by atoms with E-state index in [1.54, 1.807) is 11.0 Å². The van der Waals surface area contributed by atoms with E-state index in [-0.39, 0.29) is 17.5 Å². The summed E-state index contributed by atoms with van der Waals surface area (Å²) in [6.45, 7) is 10.2. The molecule has 0 radical (unpaired) electrons. The van der Waals surface area contributed by atoms with Crippen LogP contribution in [0.15, 0.2) is 17.6 Å². The number of carbonyl (C=O) groups is 1. The third-order valence-corrected chi connectivity index (χ3v) is 2.21. The lowest BCUT2D eigenvalue weighted by Gasteiger charge is -2.33. The van der Waals surface area contributed by atoms with Gasteiger partial charge in [0.1, 0.15) is 5.84 Å². The van der Waals surface area contributed by atoms with Gasteiger partial charge < -0.3 is 10.6 Å². The van der Waals surface area contributed by atoms with Crippen LogP contribution in [0.5, 0.6) is 0 Å².